The molecule has 0 aliphatic carbocycles. The number of allylic oxidation sites excluding steroid dienone is 6. The van der Waals surface area contributed by atoms with Crippen molar-refractivity contribution in [1.82, 2.24) is 5.32 Å². The Morgan fingerprint density at radius 1 is 0.741 bits per heavy atom. The molecule has 7 heteroatoms. The number of carbonyl (C=O) groups is 3. The van der Waals surface area contributed by atoms with Gasteiger partial charge < -0.3 is 15.0 Å². The van der Waals surface area contributed by atoms with Gasteiger partial charge in [-0.15, -0.1) is 0 Å². The Labute approximate surface area is 341 Å². The predicted octanol–water partition coefficient (Wildman–Crippen LogP) is 10.9. The quantitative estimate of drug-likeness (QED) is 0.0356. The molecule has 5 aromatic carbocycles. The van der Waals surface area contributed by atoms with E-state index in [9.17, 15) is 18.8 Å². The number of halogens is 1. The van der Waals surface area contributed by atoms with Crippen molar-refractivity contribution in [2.75, 3.05) is 31.2 Å². The molecule has 0 saturated carbocycles. The standard InChI is InChI=1S/C51H52FN3O3/c1-50(2)45(21-6-5-7-22-46-51(3,4)48-41-19-11-9-17-37(41)28-30-43(48)55(46)34-15-35-56)54(42-29-27-36-16-8-10-18-40(36)47(42)50)33-13-12-32-53-49(58)39-25-23-38(24-26-39)44(57)20-14-31-52/h5-11,16-19,21-30,35H,12-15,20,31-34H2,1-4H3/p+1. The molecule has 0 unspecified atom stereocenters. The first-order valence-electron chi connectivity index (χ1n) is 20.5. The van der Waals surface area contributed by atoms with Crippen molar-refractivity contribution >= 4 is 56.6 Å². The zero-order valence-corrected chi connectivity index (χ0v) is 34.1. The molecule has 0 radical (unpaired) electrons. The molecule has 58 heavy (non-hydrogen) atoms. The lowest BCUT2D eigenvalue weighted by Crippen LogP contribution is -2.28. The number of alkyl halides is 1. The van der Waals surface area contributed by atoms with Gasteiger partial charge >= 0.3 is 0 Å². The maximum Gasteiger partial charge on any atom is 0.251 e. The molecule has 1 amide bonds. The van der Waals surface area contributed by atoms with Crippen molar-refractivity contribution < 1.29 is 23.3 Å². The monoisotopic (exact) mass is 774 g/mol. The van der Waals surface area contributed by atoms with Crippen LogP contribution >= 0.6 is 0 Å². The first kappa shape index (κ1) is 40.3. The van der Waals surface area contributed by atoms with Crippen LogP contribution in [0.25, 0.3) is 21.5 Å². The zero-order chi connectivity index (χ0) is 40.9. The van der Waals surface area contributed by atoms with E-state index in [4.69, 9.17) is 0 Å². The number of nitrogens with one attached hydrogen (secondary N) is 1. The lowest BCUT2D eigenvalue weighted by molar-refractivity contribution is -0.438. The van der Waals surface area contributed by atoms with Crippen LogP contribution in [0.2, 0.25) is 0 Å². The van der Waals surface area contributed by atoms with E-state index < -0.39 is 6.67 Å². The Bertz CT molecular complexity index is 2490. The number of unbranched alkanes of at least 4 members (excludes halogenated alkanes) is 1. The van der Waals surface area contributed by atoms with Gasteiger partial charge in [-0.3, -0.25) is 14.0 Å². The molecule has 6 nitrogen and oxygen atoms in total. The number of amides is 1. The Hall–Kier alpha value is -5.95. The van der Waals surface area contributed by atoms with Gasteiger partial charge in [-0.2, -0.15) is 4.58 Å². The molecule has 296 valence electrons. The van der Waals surface area contributed by atoms with Gasteiger partial charge in [0.25, 0.3) is 5.91 Å². The molecule has 0 aromatic heterocycles. The Kier molecular flexibility index (Phi) is 12.0. The summed E-state index contributed by atoms with van der Waals surface area (Å²) in [6.07, 6.45) is 14.3. The molecule has 1 N–H and O–H groups in total. The lowest BCUT2D eigenvalue weighted by atomic mass is 9.79. The summed E-state index contributed by atoms with van der Waals surface area (Å²) in [5.74, 6) is -0.292. The fourth-order valence-corrected chi connectivity index (χ4v) is 8.97. The molecule has 0 bridgehead atoms. The maximum absolute atomic E-state index is 12.9. The highest BCUT2D eigenvalue weighted by molar-refractivity contribution is 6.07. The minimum atomic E-state index is -0.519. The van der Waals surface area contributed by atoms with Gasteiger partial charge in [0.15, 0.2) is 11.5 Å². The number of fused-ring (bicyclic) bond motifs is 6. The number of hydrogen-bond donors (Lipinski definition) is 1. The minimum absolute atomic E-state index is 0.115. The van der Waals surface area contributed by atoms with E-state index >= 15 is 0 Å². The van der Waals surface area contributed by atoms with E-state index in [1.54, 1.807) is 24.3 Å². The summed E-state index contributed by atoms with van der Waals surface area (Å²) in [7, 11) is 0. The summed E-state index contributed by atoms with van der Waals surface area (Å²) in [5, 5.41) is 7.97. The molecule has 2 aliphatic rings. The average Bonchev–Trinajstić information content (AvgIpc) is 3.59. The van der Waals surface area contributed by atoms with E-state index in [1.165, 1.54) is 55.5 Å². The second-order valence-electron chi connectivity index (χ2n) is 16.3. The number of carbonyl (C=O) groups excluding carboxylic acids is 3. The smallest absolute Gasteiger partial charge is 0.251 e. The van der Waals surface area contributed by atoms with Crippen molar-refractivity contribution in [2.24, 2.45) is 0 Å². The van der Waals surface area contributed by atoms with E-state index in [0.717, 1.165) is 25.7 Å². The highest BCUT2D eigenvalue weighted by atomic mass is 19.1. The molecular formula is C51H53FN3O3+. The zero-order valence-electron chi connectivity index (χ0n) is 34.1. The van der Waals surface area contributed by atoms with Crippen LogP contribution in [0.1, 0.15) is 91.6 Å². The lowest BCUT2D eigenvalue weighted by Gasteiger charge is -2.26. The summed E-state index contributed by atoms with van der Waals surface area (Å²) in [6.45, 7) is 10.6. The highest BCUT2D eigenvalue weighted by Gasteiger charge is 2.45. The minimum Gasteiger partial charge on any atom is -0.352 e. The van der Waals surface area contributed by atoms with Gasteiger partial charge in [0.05, 0.1) is 12.1 Å². The summed E-state index contributed by atoms with van der Waals surface area (Å²) in [4.78, 5) is 39.0. The van der Waals surface area contributed by atoms with Crippen molar-refractivity contribution in [2.45, 2.75) is 70.6 Å². The SMILES string of the molecule is CC1(C)C(/C=C/C=C/C=C2/N(CCC=O)c3ccc4ccccc4c3C2(C)C)=[N+](CCCCNC(=O)c2ccc(C(=O)CCCF)cc2)c2ccc3ccccc3c21. The fraction of sp³-hybridized carbons (Fsp3) is 0.294. The number of nitrogens with zero attached hydrogens (tertiary/aromatic N) is 2. The van der Waals surface area contributed by atoms with Crippen LogP contribution < -0.4 is 10.2 Å². The number of ketones is 1. The van der Waals surface area contributed by atoms with Crippen molar-refractivity contribution in [3.8, 4) is 0 Å². The molecule has 5 aromatic rings. The van der Waals surface area contributed by atoms with Crippen molar-refractivity contribution in [3.05, 3.63) is 155 Å². The Morgan fingerprint density at radius 3 is 2.12 bits per heavy atom. The van der Waals surface area contributed by atoms with Gasteiger partial charge in [0, 0.05) is 78.0 Å². The first-order valence-corrected chi connectivity index (χ1v) is 20.5. The number of hydrogen-bond acceptors (Lipinski definition) is 4. The summed E-state index contributed by atoms with van der Waals surface area (Å²) in [6, 6.07) is 32.5. The van der Waals surface area contributed by atoms with Crippen LogP contribution in [0.15, 0.2) is 133 Å². The third-order valence-electron chi connectivity index (χ3n) is 11.8. The third-order valence-corrected chi connectivity index (χ3v) is 11.8. The van der Waals surface area contributed by atoms with Crippen LogP contribution in [0.5, 0.6) is 0 Å². The largest absolute Gasteiger partial charge is 0.352 e. The third kappa shape index (κ3) is 7.83. The van der Waals surface area contributed by atoms with E-state index in [-0.39, 0.29) is 35.4 Å². The second-order valence-corrected chi connectivity index (χ2v) is 16.3. The van der Waals surface area contributed by atoms with Gasteiger partial charge in [-0.25, -0.2) is 0 Å². The average molecular weight is 775 g/mol. The summed E-state index contributed by atoms with van der Waals surface area (Å²) in [5.41, 5.74) is 7.86. The van der Waals surface area contributed by atoms with Gasteiger partial charge in [0.2, 0.25) is 5.69 Å². The number of rotatable bonds is 16. The number of benzene rings is 5. The molecule has 2 heterocycles. The first-order chi connectivity index (χ1) is 28.1. The van der Waals surface area contributed by atoms with Crippen molar-refractivity contribution in [3.63, 3.8) is 0 Å². The van der Waals surface area contributed by atoms with E-state index in [1.807, 2.05) is 0 Å². The van der Waals surface area contributed by atoms with Crippen LogP contribution in [-0.4, -0.2) is 54.6 Å². The Balaban J connectivity index is 1.09. The topological polar surface area (TPSA) is 69.5 Å². The molecule has 2 aliphatic heterocycles. The number of Topliss-reactive ketones (excluding diaryl/α,β-unsaturated/α-hetero) is 1. The maximum atomic E-state index is 12.9. The molecule has 0 spiro atoms. The summed E-state index contributed by atoms with van der Waals surface area (Å²) >= 11 is 0. The van der Waals surface area contributed by atoms with Crippen LogP contribution in [0, 0.1) is 0 Å². The molecular weight excluding hydrogens is 722 g/mol. The normalized spacial score (nSPS) is 16.2. The van der Waals surface area contributed by atoms with Gasteiger partial charge in [0.1, 0.15) is 12.8 Å². The van der Waals surface area contributed by atoms with E-state index in [0.29, 0.717) is 30.6 Å². The predicted molar refractivity (Wildman–Crippen MR) is 236 cm³/mol. The second kappa shape index (κ2) is 17.3. The number of anilines is 1. The molecule has 7 rings (SSSR count). The fourth-order valence-electron chi connectivity index (χ4n) is 8.97. The number of aldehydes is 1. The molecule has 0 fully saturated rings. The van der Waals surface area contributed by atoms with Crippen LogP contribution in [0.4, 0.5) is 15.8 Å². The van der Waals surface area contributed by atoms with E-state index in [2.05, 4.69) is 146 Å². The van der Waals surface area contributed by atoms with Gasteiger partial charge in [-0.05, 0) is 84.1 Å². The van der Waals surface area contributed by atoms with Crippen LogP contribution in [0.3, 0.4) is 0 Å². The summed E-state index contributed by atoms with van der Waals surface area (Å²) < 4.78 is 14.9. The molecule has 0 saturated heterocycles. The highest BCUT2D eigenvalue weighted by Crippen LogP contribution is 2.51. The Morgan fingerprint density at radius 2 is 1.41 bits per heavy atom. The van der Waals surface area contributed by atoms with Crippen molar-refractivity contribution in [1.29, 1.82) is 0 Å². The van der Waals surface area contributed by atoms with Crippen LogP contribution in [-0.2, 0) is 15.6 Å². The van der Waals surface area contributed by atoms with Gasteiger partial charge in [-0.1, -0.05) is 98.8 Å². The molecule has 0 atom stereocenters.